The highest BCUT2D eigenvalue weighted by atomic mass is 16.5. The molecule has 1 aliphatic carbocycles. The molecule has 0 aromatic heterocycles. The van der Waals surface area contributed by atoms with Crippen LogP contribution in [0.5, 0.6) is 0 Å². The minimum atomic E-state index is -0.718. The summed E-state index contributed by atoms with van der Waals surface area (Å²) in [5, 5.41) is 14.7. The fraction of sp³-hybridized carbons (Fsp3) is 0.857. The number of nitrogens with one attached hydrogen (secondary N) is 2. The molecular weight excluding hydrogens is 260 g/mol. The zero-order valence-corrected chi connectivity index (χ0v) is 11.8. The molecule has 114 valence electrons. The predicted molar refractivity (Wildman–Crippen MR) is 73.5 cm³/mol. The molecule has 0 bridgehead atoms. The second kappa shape index (κ2) is 7.47. The number of carbonyl (C=O) groups excluding carboxylic acids is 1. The molecule has 1 atom stereocenters. The molecule has 1 heterocycles. The molecule has 2 rings (SSSR count). The van der Waals surface area contributed by atoms with Gasteiger partial charge in [-0.1, -0.05) is 0 Å². The normalized spacial score (nSPS) is 29.9. The van der Waals surface area contributed by atoms with Gasteiger partial charge < -0.3 is 20.5 Å². The number of ether oxygens (including phenoxy) is 1. The smallest absolute Gasteiger partial charge is 0.315 e. The molecule has 1 saturated heterocycles. The van der Waals surface area contributed by atoms with E-state index in [1.165, 1.54) is 0 Å². The molecule has 2 aliphatic rings. The van der Waals surface area contributed by atoms with Crippen molar-refractivity contribution in [2.24, 2.45) is 5.92 Å². The molecule has 6 heteroatoms. The summed E-state index contributed by atoms with van der Waals surface area (Å²) < 4.78 is 5.49. The number of hydrogen-bond acceptors (Lipinski definition) is 3. The number of amides is 2. The van der Waals surface area contributed by atoms with Crippen LogP contribution in [0.25, 0.3) is 0 Å². The van der Waals surface area contributed by atoms with Crippen molar-refractivity contribution < 1.29 is 19.4 Å². The van der Waals surface area contributed by atoms with Crippen molar-refractivity contribution in [3.05, 3.63) is 0 Å². The molecule has 1 aliphatic heterocycles. The van der Waals surface area contributed by atoms with E-state index >= 15 is 0 Å². The van der Waals surface area contributed by atoms with Crippen LogP contribution in [-0.2, 0) is 9.53 Å². The lowest BCUT2D eigenvalue weighted by Crippen LogP contribution is -2.44. The van der Waals surface area contributed by atoms with Crippen molar-refractivity contribution >= 4 is 12.0 Å². The van der Waals surface area contributed by atoms with E-state index < -0.39 is 5.97 Å². The highest BCUT2D eigenvalue weighted by Crippen LogP contribution is 2.24. The number of urea groups is 1. The average molecular weight is 284 g/mol. The van der Waals surface area contributed by atoms with E-state index in [1.807, 2.05) is 0 Å². The van der Waals surface area contributed by atoms with Crippen LogP contribution >= 0.6 is 0 Å². The molecular formula is C14H24N2O4. The number of aliphatic carboxylic acids is 1. The Labute approximate surface area is 119 Å². The second-order valence-electron chi connectivity index (χ2n) is 5.71. The van der Waals surface area contributed by atoms with Gasteiger partial charge in [0.15, 0.2) is 0 Å². The molecule has 3 N–H and O–H groups in total. The summed E-state index contributed by atoms with van der Waals surface area (Å²) in [6.07, 6.45) is 6.14. The SMILES string of the molecule is O=C(NCCC1CCCO1)NC1CCC(C(=O)O)CC1. The third-order valence-corrected chi connectivity index (χ3v) is 4.19. The van der Waals surface area contributed by atoms with Gasteiger partial charge in [0.05, 0.1) is 12.0 Å². The number of hydrogen-bond donors (Lipinski definition) is 3. The Hall–Kier alpha value is -1.30. The molecule has 20 heavy (non-hydrogen) atoms. The lowest BCUT2D eigenvalue weighted by molar-refractivity contribution is -0.142. The van der Waals surface area contributed by atoms with E-state index in [-0.39, 0.29) is 18.0 Å². The van der Waals surface area contributed by atoms with E-state index in [1.54, 1.807) is 0 Å². The Kier molecular flexibility index (Phi) is 5.64. The quantitative estimate of drug-likeness (QED) is 0.714. The summed E-state index contributed by atoms with van der Waals surface area (Å²) in [6.45, 7) is 1.46. The fourth-order valence-electron chi connectivity index (χ4n) is 2.94. The zero-order valence-electron chi connectivity index (χ0n) is 11.8. The summed E-state index contributed by atoms with van der Waals surface area (Å²) in [7, 11) is 0. The summed E-state index contributed by atoms with van der Waals surface area (Å²) in [5.41, 5.74) is 0. The third kappa shape index (κ3) is 4.67. The van der Waals surface area contributed by atoms with Gasteiger partial charge in [-0.15, -0.1) is 0 Å². The van der Waals surface area contributed by atoms with E-state index in [0.717, 1.165) is 38.7 Å². The van der Waals surface area contributed by atoms with Gasteiger partial charge in [-0.25, -0.2) is 4.79 Å². The van der Waals surface area contributed by atoms with Crippen molar-refractivity contribution in [2.45, 2.75) is 57.1 Å². The Morgan fingerprint density at radius 1 is 1.15 bits per heavy atom. The molecule has 0 radical (unpaired) electrons. The average Bonchev–Trinajstić information content (AvgIpc) is 2.92. The van der Waals surface area contributed by atoms with Crippen LogP contribution in [-0.4, -0.2) is 42.4 Å². The van der Waals surface area contributed by atoms with Gasteiger partial charge in [0.25, 0.3) is 0 Å². The number of carboxylic acids is 1. The lowest BCUT2D eigenvalue weighted by atomic mass is 9.86. The van der Waals surface area contributed by atoms with Gasteiger partial charge in [-0.3, -0.25) is 4.79 Å². The molecule has 2 amide bonds. The predicted octanol–water partition coefficient (Wildman–Crippen LogP) is 1.50. The minimum absolute atomic E-state index is 0.105. The Morgan fingerprint density at radius 3 is 2.50 bits per heavy atom. The summed E-state index contributed by atoms with van der Waals surface area (Å²) in [5.74, 6) is -0.958. The first-order valence-corrected chi connectivity index (χ1v) is 7.54. The lowest BCUT2D eigenvalue weighted by Gasteiger charge is -2.26. The van der Waals surface area contributed by atoms with Crippen LogP contribution in [0.15, 0.2) is 0 Å². The van der Waals surface area contributed by atoms with Gasteiger partial charge in [-0.2, -0.15) is 0 Å². The van der Waals surface area contributed by atoms with Gasteiger partial charge >= 0.3 is 12.0 Å². The Balaban J connectivity index is 1.56. The van der Waals surface area contributed by atoms with Crippen LogP contribution in [0.1, 0.15) is 44.9 Å². The topological polar surface area (TPSA) is 87.7 Å². The molecule has 2 fully saturated rings. The maximum atomic E-state index is 11.7. The van der Waals surface area contributed by atoms with Crippen LogP contribution < -0.4 is 10.6 Å². The molecule has 1 saturated carbocycles. The van der Waals surface area contributed by atoms with E-state index in [2.05, 4.69) is 10.6 Å². The summed E-state index contributed by atoms with van der Waals surface area (Å²) in [4.78, 5) is 22.6. The van der Waals surface area contributed by atoms with Crippen molar-refractivity contribution in [2.75, 3.05) is 13.2 Å². The van der Waals surface area contributed by atoms with Crippen molar-refractivity contribution in [3.63, 3.8) is 0 Å². The zero-order chi connectivity index (χ0) is 14.4. The maximum absolute atomic E-state index is 11.7. The molecule has 6 nitrogen and oxygen atoms in total. The summed E-state index contributed by atoms with van der Waals surface area (Å²) in [6, 6.07) is -0.0462. The largest absolute Gasteiger partial charge is 0.481 e. The van der Waals surface area contributed by atoms with Gasteiger partial charge in [0.1, 0.15) is 0 Å². The van der Waals surface area contributed by atoms with E-state index in [0.29, 0.717) is 25.5 Å². The molecule has 1 unspecified atom stereocenters. The fourth-order valence-corrected chi connectivity index (χ4v) is 2.94. The van der Waals surface area contributed by atoms with Crippen LogP contribution in [0.4, 0.5) is 4.79 Å². The van der Waals surface area contributed by atoms with E-state index in [4.69, 9.17) is 9.84 Å². The maximum Gasteiger partial charge on any atom is 0.315 e. The minimum Gasteiger partial charge on any atom is -0.481 e. The number of carboxylic acid groups (broad SMARTS) is 1. The third-order valence-electron chi connectivity index (χ3n) is 4.19. The highest BCUT2D eigenvalue weighted by Gasteiger charge is 2.26. The molecule has 0 aromatic rings. The number of rotatable bonds is 5. The van der Waals surface area contributed by atoms with Crippen molar-refractivity contribution in [1.29, 1.82) is 0 Å². The standard InChI is InChI=1S/C14H24N2O4/c17-13(18)10-3-5-11(6-4-10)16-14(19)15-8-7-12-2-1-9-20-12/h10-12H,1-9H2,(H,17,18)(H2,15,16,19). The first kappa shape index (κ1) is 15.1. The van der Waals surface area contributed by atoms with Crippen LogP contribution in [0, 0.1) is 5.92 Å². The van der Waals surface area contributed by atoms with Gasteiger partial charge in [-0.05, 0) is 44.9 Å². The van der Waals surface area contributed by atoms with Gasteiger partial charge in [0.2, 0.25) is 0 Å². The summed E-state index contributed by atoms with van der Waals surface area (Å²) >= 11 is 0. The first-order valence-electron chi connectivity index (χ1n) is 7.54. The van der Waals surface area contributed by atoms with Crippen molar-refractivity contribution in [1.82, 2.24) is 10.6 Å². The first-order chi connectivity index (χ1) is 9.65. The number of carbonyl (C=O) groups is 2. The van der Waals surface area contributed by atoms with Crippen LogP contribution in [0.3, 0.4) is 0 Å². The van der Waals surface area contributed by atoms with Crippen LogP contribution in [0.2, 0.25) is 0 Å². The van der Waals surface area contributed by atoms with Crippen molar-refractivity contribution in [3.8, 4) is 0 Å². The monoisotopic (exact) mass is 284 g/mol. The Morgan fingerprint density at radius 2 is 1.90 bits per heavy atom. The highest BCUT2D eigenvalue weighted by molar-refractivity contribution is 5.74. The molecule has 0 aromatic carbocycles. The Bertz CT molecular complexity index is 334. The second-order valence-corrected chi connectivity index (χ2v) is 5.71. The van der Waals surface area contributed by atoms with Gasteiger partial charge in [0, 0.05) is 19.2 Å². The molecule has 0 spiro atoms. The van der Waals surface area contributed by atoms with E-state index in [9.17, 15) is 9.59 Å².